The van der Waals surface area contributed by atoms with E-state index in [9.17, 15) is 0 Å². The van der Waals surface area contributed by atoms with E-state index in [0.717, 1.165) is 28.6 Å². The third-order valence-electron chi connectivity index (χ3n) is 4.89. The van der Waals surface area contributed by atoms with Gasteiger partial charge < -0.3 is 4.74 Å². The minimum absolute atomic E-state index is 0.240. The van der Waals surface area contributed by atoms with E-state index in [0.29, 0.717) is 17.8 Å². The fraction of sp³-hybridized carbons (Fsp3) is 0.500. The van der Waals surface area contributed by atoms with E-state index in [1.165, 1.54) is 12.8 Å². The summed E-state index contributed by atoms with van der Waals surface area (Å²) in [7, 11) is 0. The monoisotopic (exact) mass is 325 g/mol. The largest absolute Gasteiger partial charge is 0.474 e. The first-order valence-electron chi connectivity index (χ1n) is 8.67. The summed E-state index contributed by atoms with van der Waals surface area (Å²) >= 11 is 0. The molecule has 126 valence electrons. The normalized spacial score (nSPS) is 21.0. The Balaban J connectivity index is 1.76. The van der Waals surface area contributed by atoms with Gasteiger partial charge in [0.2, 0.25) is 5.88 Å². The third kappa shape index (κ3) is 2.56. The quantitative estimate of drug-likeness (QED) is 0.788. The maximum atomic E-state index is 6.28. The topological polar surface area (TPSA) is 68.6 Å². The number of hydrogen-bond donors (Lipinski definition) is 1. The minimum atomic E-state index is 0.240. The second-order valence-corrected chi connectivity index (χ2v) is 6.98. The summed E-state index contributed by atoms with van der Waals surface area (Å²) in [4.78, 5) is 4.50. The van der Waals surface area contributed by atoms with Crippen molar-refractivity contribution in [3.05, 3.63) is 24.7 Å². The van der Waals surface area contributed by atoms with Gasteiger partial charge in [0, 0.05) is 24.0 Å². The predicted molar refractivity (Wildman–Crippen MR) is 92.9 cm³/mol. The van der Waals surface area contributed by atoms with Crippen LogP contribution in [0.3, 0.4) is 0 Å². The number of nitrogens with one attached hydrogen (secondary N) is 1. The average Bonchev–Trinajstić information content (AvgIpc) is 3.27. The zero-order chi connectivity index (χ0) is 16.7. The molecule has 1 aliphatic rings. The molecule has 3 heterocycles. The zero-order valence-corrected chi connectivity index (χ0v) is 14.4. The van der Waals surface area contributed by atoms with Gasteiger partial charge in [-0.05, 0) is 45.1 Å². The van der Waals surface area contributed by atoms with Crippen molar-refractivity contribution in [1.82, 2.24) is 25.0 Å². The molecule has 6 heteroatoms. The summed E-state index contributed by atoms with van der Waals surface area (Å²) in [6, 6.07) is 2.25. The summed E-state index contributed by atoms with van der Waals surface area (Å²) in [5.74, 6) is 1.24. The lowest BCUT2D eigenvalue weighted by molar-refractivity contribution is 0.163. The number of nitrogens with zero attached hydrogens (tertiary/aromatic N) is 4. The Hall–Kier alpha value is -2.37. The standard InChI is InChI=1S/C18H23N5O/c1-11(2)23-10-13(9-20-23)17-16-14(21-22-17)7-8-19-18(16)24-15-6-4-5-12(15)3/h7-12,15H,4-6H2,1-3H3,(H,21,22). The average molecular weight is 325 g/mol. The molecular weight excluding hydrogens is 302 g/mol. The van der Waals surface area contributed by atoms with Gasteiger partial charge in [0.15, 0.2) is 0 Å². The van der Waals surface area contributed by atoms with Gasteiger partial charge in [-0.25, -0.2) is 4.98 Å². The van der Waals surface area contributed by atoms with Crippen LogP contribution in [0.2, 0.25) is 0 Å². The van der Waals surface area contributed by atoms with Crippen LogP contribution in [-0.2, 0) is 0 Å². The minimum Gasteiger partial charge on any atom is -0.474 e. The van der Waals surface area contributed by atoms with Gasteiger partial charge in [-0.2, -0.15) is 10.2 Å². The Kier molecular flexibility index (Phi) is 3.75. The number of aromatic nitrogens is 5. The van der Waals surface area contributed by atoms with Gasteiger partial charge in [0.05, 0.1) is 17.1 Å². The summed E-state index contributed by atoms with van der Waals surface area (Å²) in [5.41, 5.74) is 2.77. The van der Waals surface area contributed by atoms with E-state index in [1.54, 1.807) is 6.20 Å². The summed E-state index contributed by atoms with van der Waals surface area (Å²) in [6.07, 6.45) is 9.43. The molecule has 0 radical (unpaired) electrons. The van der Waals surface area contributed by atoms with E-state index in [4.69, 9.17) is 4.74 Å². The Morgan fingerprint density at radius 1 is 1.33 bits per heavy atom. The molecule has 24 heavy (non-hydrogen) atoms. The van der Waals surface area contributed by atoms with Crippen molar-refractivity contribution < 1.29 is 4.74 Å². The van der Waals surface area contributed by atoms with Crippen molar-refractivity contribution in [2.24, 2.45) is 5.92 Å². The number of ether oxygens (including phenoxy) is 1. The van der Waals surface area contributed by atoms with Gasteiger partial charge in [0.25, 0.3) is 0 Å². The fourth-order valence-corrected chi connectivity index (χ4v) is 3.41. The molecule has 0 aliphatic heterocycles. The van der Waals surface area contributed by atoms with Crippen molar-refractivity contribution in [1.29, 1.82) is 0 Å². The Morgan fingerprint density at radius 2 is 2.21 bits per heavy atom. The number of rotatable bonds is 4. The lowest BCUT2D eigenvalue weighted by Crippen LogP contribution is -2.19. The molecule has 0 amide bonds. The van der Waals surface area contributed by atoms with Crippen LogP contribution < -0.4 is 4.74 Å². The predicted octanol–water partition coefficient (Wildman–Crippen LogP) is 3.97. The van der Waals surface area contributed by atoms with Crippen LogP contribution in [0.15, 0.2) is 24.7 Å². The first kappa shape index (κ1) is 15.2. The SMILES string of the molecule is CC1CCCC1Oc1nccc2[nH]nc(-c3cnn(C(C)C)c3)c12. The number of hydrogen-bond acceptors (Lipinski definition) is 4. The van der Waals surface area contributed by atoms with Crippen LogP contribution in [0.4, 0.5) is 0 Å². The maximum Gasteiger partial charge on any atom is 0.225 e. The molecule has 3 aromatic rings. The molecule has 0 aromatic carbocycles. The van der Waals surface area contributed by atoms with Crippen LogP contribution in [0, 0.1) is 5.92 Å². The Bertz CT molecular complexity index is 850. The van der Waals surface area contributed by atoms with Gasteiger partial charge >= 0.3 is 0 Å². The van der Waals surface area contributed by atoms with E-state index in [-0.39, 0.29) is 6.10 Å². The van der Waals surface area contributed by atoms with Crippen LogP contribution in [-0.4, -0.2) is 31.1 Å². The third-order valence-corrected chi connectivity index (χ3v) is 4.89. The lowest BCUT2D eigenvalue weighted by Gasteiger charge is -2.17. The molecule has 3 aromatic heterocycles. The summed E-state index contributed by atoms with van der Waals surface area (Å²) in [6.45, 7) is 6.47. The lowest BCUT2D eigenvalue weighted by atomic mass is 10.1. The number of H-pyrrole nitrogens is 1. The van der Waals surface area contributed by atoms with Crippen LogP contribution in [0.25, 0.3) is 22.2 Å². The maximum absolute atomic E-state index is 6.28. The van der Waals surface area contributed by atoms with E-state index in [2.05, 4.69) is 41.1 Å². The molecule has 0 saturated heterocycles. The molecule has 0 spiro atoms. The Morgan fingerprint density at radius 3 is 2.92 bits per heavy atom. The zero-order valence-electron chi connectivity index (χ0n) is 14.4. The van der Waals surface area contributed by atoms with Crippen molar-refractivity contribution in [3.63, 3.8) is 0 Å². The molecule has 1 fully saturated rings. The highest BCUT2D eigenvalue weighted by atomic mass is 16.5. The van der Waals surface area contributed by atoms with Crippen LogP contribution in [0.5, 0.6) is 5.88 Å². The van der Waals surface area contributed by atoms with Gasteiger partial charge in [-0.15, -0.1) is 0 Å². The smallest absolute Gasteiger partial charge is 0.225 e. The molecule has 6 nitrogen and oxygen atoms in total. The fourth-order valence-electron chi connectivity index (χ4n) is 3.41. The highest BCUT2D eigenvalue weighted by Gasteiger charge is 2.27. The number of fused-ring (bicyclic) bond motifs is 1. The number of aromatic amines is 1. The molecular formula is C18H23N5O. The van der Waals surface area contributed by atoms with E-state index in [1.807, 2.05) is 23.1 Å². The molecule has 2 atom stereocenters. The second-order valence-electron chi connectivity index (χ2n) is 6.98. The summed E-state index contributed by atoms with van der Waals surface area (Å²) < 4.78 is 8.21. The highest BCUT2D eigenvalue weighted by molar-refractivity contribution is 5.96. The van der Waals surface area contributed by atoms with E-state index < -0.39 is 0 Å². The molecule has 0 bridgehead atoms. The van der Waals surface area contributed by atoms with Gasteiger partial charge in [0.1, 0.15) is 11.8 Å². The second kappa shape index (κ2) is 5.92. The molecule has 4 rings (SSSR count). The van der Waals surface area contributed by atoms with Gasteiger partial charge in [-0.3, -0.25) is 9.78 Å². The molecule has 1 saturated carbocycles. The van der Waals surface area contributed by atoms with Gasteiger partial charge in [-0.1, -0.05) is 6.92 Å². The van der Waals surface area contributed by atoms with Crippen molar-refractivity contribution >= 4 is 10.9 Å². The molecule has 2 unspecified atom stereocenters. The number of pyridine rings is 1. The first-order chi connectivity index (χ1) is 11.6. The van der Waals surface area contributed by atoms with Crippen LogP contribution >= 0.6 is 0 Å². The summed E-state index contributed by atoms with van der Waals surface area (Å²) in [5, 5.41) is 13.0. The van der Waals surface area contributed by atoms with E-state index >= 15 is 0 Å². The molecule has 1 aliphatic carbocycles. The van der Waals surface area contributed by atoms with Crippen molar-refractivity contribution in [2.75, 3.05) is 0 Å². The highest BCUT2D eigenvalue weighted by Crippen LogP contribution is 2.35. The van der Waals surface area contributed by atoms with Crippen LogP contribution in [0.1, 0.15) is 46.1 Å². The van der Waals surface area contributed by atoms with Crippen molar-refractivity contribution in [3.8, 4) is 17.1 Å². The van der Waals surface area contributed by atoms with Crippen molar-refractivity contribution in [2.45, 2.75) is 52.2 Å². The first-order valence-corrected chi connectivity index (χ1v) is 8.67. The molecule has 1 N–H and O–H groups in total. The Labute approximate surface area is 141 Å².